The Morgan fingerprint density at radius 1 is 1.28 bits per heavy atom. The van der Waals surface area contributed by atoms with E-state index in [1.54, 1.807) is 18.2 Å². The van der Waals surface area contributed by atoms with Crippen LogP contribution in [0.3, 0.4) is 0 Å². The third-order valence-corrected chi connectivity index (χ3v) is 7.19. The fourth-order valence-corrected chi connectivity index (χ4v) is 4.87. The zero-order valence-electron chi connectivity index (χ0n) is 15.3. The zero-order chi connectivity index (χ0) is 18.2. The minimum Gasteiger partial charge on any atom is -0.312 e. The lowest BCUT2D eigenvalue weighted by Crippen LogP contribution is -2.43. The first kappa shape index (κ1) is 18.4. The van der Waals surface area contributed by atoms with Crippen molar-refractivity contribution in [3.05, 3.63) is 23.8 Å². The monoisotopic (exact) mass is 364 g/mol. The molecule has 1 N–H and O–H groups in total. The zero-order valence-corrected chi connectivity index (χ0v) is 16.2. The molecular formula is C19H28N2O3S. The number of sulfonamides is 1. The Balaban J connectivity index is 1.88. The van der Waals surface area contributed by atoms with Crippen LogP contribution in [-0.4, -0.2) is 26.4 Å². The van der Waals surface area contributed by atoms with Gasteiger partial charge in [0.1, 0.15) is 0 Å². The summed E-state index contributed by atoms with van der Waals surface area (Å²) in [7, 11) is -3.56. The number of hydrogen-bond donors (Lipinski definition) is 1. The van der Waals surface area contributed by atoms with Crippen LogP contribution in [-0.2, 0) is 21.2 Å². The Labute approximate surface area is 150 Å². The Kier molecular flexibility index (Phi) is 4.95. The Hall–Kier alpha value is -1.40. The molecule has 1 aliphatic heterocycles. The molecule has 0 spiro atoms. The fraction of sp³-hybridized carbons (Fsp3) is 0.632. The molecule has 0 saturated heterocycles. The molecule has 1 amide bonds. The van der Waals surface area contributed by atoms with Gasteiger partial charge in [-0.1, -0.05) is 13.3 Å². The van der Waals surface area contributed by atoms with E-state index in [9.17, 15) is 13.2 Å². The van der Waals surface area contributed by atoms with Crippen molar-refractivity contribution < 1.29 is 13.2 Å². The molecule has 5 nitrogen and oxygen atoms in total. The first-order valence-electron chi connectivity index (χ1n) is 9.22. The van der Waals surface area contributed by atoms with Crippen molar-refractivity contribution in [1.82, 2.24) is 4.72 Å². The minimum atomic E-state index is -3.56. The van der Waals surface area contributed by atoms with E-state index in [0.717, 1.165) is 49.9 Å². The van der Waals surface area contributed by atoms with E-state index in [-0.39, 0.29) is 16.7 Å². The number of hydrogen-bond acceptors (Lipinski definition) is 3. The lowest BCUT2D eigenvalue weighted by atomic mass is 9.83. The normalized spacial score (nSPS) is 18.6. The van der Waals surface area contributed by atoms with Crippen molar-refractivity contribution in [1.29, 1.82) is 0 Å². The van der Waals surface area contributed by atoms with E-state index < -0.39 is 15.6 Å². The molecule has 3 rings (SSSR count). The summed E-state index contributed by atoms with van der Waals surface area (Å²) in [5.74, 6) is 0.356. The van der Waals surface area contributed by atoms with Crippen LogP contribution in [0.25, 0.3) is 0 Å². The summed E-state index contributed by atoms with van der Waals surface area (Å²) in [6.45, 7) is 6.44. The number of nitrogens with one attached hydrogen (secondary N) is 1. The van der Waals surface area contributed by atoms with Crippen molar-refractivity contribution in [3.8, 4) is 0 Å². The maximum atomic E-state index is 12.7. The number of carbonyl (C=O) groups excluding carboxylic acids is 1. The van der Waals surface area contributed by atoms with Crippen LogP contribution in [0.4, 0.5) is 5.69 Å². The molecule has 0 radical (unpaired) electrons. The van der Waals surface area contributed by atoms with Crippen LogP contribution in [0.2, 0.25) is 0 Å². The van der Waals surface area contributed by atoms with Crippen molar-refractivity contribution in [2.45, 2.75) is 69.7 Å². The third-order valence-electron chi connectivity index (χ3n) is 5.49. The first-order chi connectivity index (χ1) is 11.7. The quantitative estimate of drug-likeness (QED) is 0.872. The molecule has 1 fully saturated rings. The highest BCUT2D eigenvalue weighted by molar-refractivity contribution is 7.89. The summed E-state index contributed by atoms with van der Waals surface area (Å²) < 4.78 is 28.1. The average molecular weight is 365 g/mol. The molecule has 1 aliphatic carbocycles. The predicted molar refractivity (Wildman–Crippen MR) is 99.1 cm³/mol. The summed E-state index contributed by atoms with van der Waals surface area (Å²) in [6.07, 6.45) is 5.49. The molecule has 1 aromatic carbocycles. The van der Waals surface area contributed by atoms with Gasteiger partial charge in [-0.3, -0.25) is 4.79 Å². The summed E-state index contributed by atoms with van der Waals surface area (Å²) >= 11 is 0. The molecule has 25 heavy (non-hydrogen) atoms. The second-order valence-electron chi connectivity index (χ2n) is 7.85. The largest absolute Gasteiger partial charge is 0.312 e. The van der Waals surface area contributed by atoms with Gasteiger partial charge in [0.15, 0.2) is 0 Å². The van der Waals surface area contributed by atoms with Crippen molar-refractivity contribution in [2.75, 3.05) is 11.4 Å². The van der Waals surface area contributed by atoms with Gasteiger partial charge in [0, 0.05) is 23.7 Å². The Morgan fingerprint density at radius 3 is 2.60 bits per heavy atom. The van der Waals surface area contributed by atoms with Crippen LogP contribution in [0, 0.1) is 5.92 Å². The minimum absolute atomic E-state index is 0.154. The Bertz CT molecular complexity index is 767. The third kappa shape index (κ3) is 3.75. The molecule has 2 aliphatic rings. The molecule has 0 atom stereocenters. The standard InChI is InChI=1S/C19H28N2O3S/c1-4-19(2,3)20-25(23,24)16-10-11-17-15(13-16)9-6-12-21(17)18(22)14-7-5-8-14/h10-11,13-14,20H,4-9,12H2,1-3H3. The fourth-order valence-electron chi connectivity index (χ4n) is 3.34. The SMILES string of the molecule is CCC(C)(C)NS(=O)(=O)c1ccc2c(c1)CCCN2C(=O)C1CCC1. The highest BCUT2D eigenvalue weighted by Crippen LogP contribution is 2.35. The van der Waals surface area contributed by atoms with E-state index in [1.165, 1.54) is 0 Å². The molecule has 0 unspecified atom stereocenters. The van der Waals surface area contributed by atoms with Gasteiger partial charge in [0.05, 0.1) is 4.90 Å². The smallest absolute Gasteiger partial charge is 0.241 e. The first-order valence-corrected chi connectivity index (χ1v) is 10.7. The molecule has 0 aromatic heterocycles. The van der Waals surface area contributed by atoms with Gasteiger partial charge in [0.25, 0.3) is 0 Å². The summed E-state index contributed by atoms with van der Waals surface area (Å²) in [5, 5.41) is 0. The van der Waals surface area contributed by atoms with Crippen LogP contribution >= 0.6 is 0 Å². The van der Waals surface area contributed by atoms with Gasteiger partial charge in [-0.15, -0.1) is 0 Å². The lowest BCUT2D eigenvalue weighted by molar-refractivity contribution is -0.124. The predicted octanol–water partition coefficient (Wildman–Crippen LogP) is 3.23. The second-order valence-corrected chi connectivity index (χ2v) is 9.54. The maximum Gasteiger partial charge on any atom is 0.241 e. The number of fused-ring (bicyclic) bond motifs is 1. The maximum absolute atomic E-state index is 12.7. The number of rotatable bonds is 5. The van der Waals surface area contributed by atoms with Gasteiger partial charge < -0.3 is 4.90 Å². The van der Waals surface area contributed by atoms with Crippen LogP contribution in [0.5, 0.6) is 0 Å². The summed E-state index contributed by atoms with van der Waals surface area (Å²) in [5.41, 5.74) is 1.36. The summed E-state index contributed by atoms with van der Waals surface area (Å²) in [4.78, 5) is 14.8. The molecule has 1 aromatic rings. The van der Waals surface area contributed by atoms with E-state index in [1.807, 2.05) is 25.7 Å². The molecular weight excluding hydrogens is 336 g/mol. The van der Waals surface area contributed by atoms with E-state index in [0.29, 0.717) is 6.42 Å². The van der Waals surface area contributed by atoms with E-state index in [4.69, 9.17) is 0 Å². The van der Waals surface area contributed by atoms with Crippen LogP contribution < -0.4 is 9.62 Å². The van der Waals surface area contributed by atoms with Gasteiger partial charge >= 0.3 is 0 Å². The highest BCUT2D eigenvalue weighted by atomic mass is 32.2. The number of carbonyl (C=O) groups is 1. The summed E-state index contributed by atoms with van der Waals surface area (Å²) in [6, 6.07) is 5.17. The van der Waals surface area contributed by atoms with Gasteiger partial charge in [-0.2, -0.15) is 0 Å². The molecule has 0 bridgehead atoms. The van der Waals surface area contributed by atoms with Crippen LogP contribution in [0.15, 0.2) is 23.1 Å². The number of benzene rings is 1. The Morgan fingerprint density at radius 2 is 2.00 bits per heavy atom. The van der Waals surface area contributed by atoms with E-state index >= 15 is 0 Å². The number of aryl methyl sites for hydroxylation is 1. The van der Waals surface area contributed by atoms with Gasteiger partial charge in [-0.25, -0.2) is 13.1 Å². The van der Waals surface area contributed by atoms with Crippen molar-refractivity contribution in [2.24, 2.45) is 5.92 Å². The number of amides is 1. The van der Waals surface area contributed by atoms with Gasteiger partial charge in [-0.05, 0) is 69.7 Å². The van der Waals surface area contributed by atoms with Gasteiger partial charge in [0.2, 0.25) is 15.9 Å². The van der Waals surface area contributed by atoms with Crippen LogP contribution in [0.1, 0.15) is 58.4 Å². The molecule has 138 valence electrons. The van der Waals surface area contributed by atoms with E-state index in [2.05, 4.69) is 4.72 Å². The second kappa shape index (κ2) is 6.72. The number of anilines is 1. The highest BCUT2D eigenvalue weighted by Gasteiger charge is 2.33. The van der Waals surface area contributed by atoms with Crippen molar-refractivity contribution in [3.63, 3.8) is 0 Å². The molecule has 1 saturated carbocycles. The average Bonchev–Trinajstić information content (AvgIpc) is 2.51. The lowest BCUT2D eigenvalue weighted by Gasteiger charge is -2.35. The van der Waals surface area contributed by atoms with Crippen molar-refractivity contribution >= 4 is 21.6 Å². The molecule has 6 heteroatoms. The number of nitrogens with zero attached hydrogens (tertiary/aromatic N) is 1. The topological polar surface area (TPSA) is 66.5 Å². The molecule has 1 heterocycles.